The Hall–Kier alpha value is -2.71. The Morgan fingerprint density at radius 2 is 1.81 bits per heavy atom. The van der Waals surface area contributed by atoms with Crippen molar-refractivity contribution in [2.75, 3.05) is 18.1 Å². The zero-order valence-electron chi connectivity index (χ0n) is 14.4. The molecule has 3 rings (SSSR count). The van der Waals surface area contributed by atoms with Gasteiger partial charge >= 0.3 is 0 Å². The van der Waals surface area contributed by atoms with Crippen molar-refractivity contribution in [3.63, 3.8) is 0 Å². The lowest BCUT2D eigenvalue weighted by atomic mass is 10.1. The normalized spacial score (nSPS) is 10.4. The van der Waals surface area contributed by atoms with Crippen LogP contribution in [0.5, 0.6) is 0 Å². The van der Waals surface area contributed by atoms with Gasteiger partial charge in [-0.1, -0.05) is 65.6 Å². The highest BCUT2D eigenvalue weighted by Gasteiger charge is 2.18. The van der Waals surface area contributed by atoms with Gasteiger partial charge in [0.2, 0.25) is 5.91 Å². The van der Waals surface area contributed by atoms with Crippen molar-refractivity contribution in [1.29, 1.82) is 0 Å². The number of benzene rings is 2. The van der Waals surface area contributed by atoms with Gasteiger partial charge in [0.15, 0.2) is 4.34 Å². The molecular formula is C19H16FN3O2S2. The van der Waals surface area contributed by atoms with E-state index in [1.807, 2.05) is 30.3 Å². The van der Waals surface area contributed by atoms with Crippen molar-refractivity contribution in [2.45, 2.75) is 4.34 Å². The lowest BCUT2D eigenvalue weighted by Gasteiger charge is -2.06. The Bertz CT molecular complexity index is 961. The van der Waals surface area contributed by atoms with Crippen molar-refractivity contribution in [1.82, 2.24) is 10.3 Å². The van der Waals surface area contributed by atoms with Crippen molar-refractivity contribution >= 4 is 39.9 Å². The van der Waals surface area contributed by atoms with Crippen LogP contribution in [-0.4, -0.2) is 29.6 Å². The van der Waals surface area contributed by atoms with Crippen LogP contribution in [-0.2, 0) is 4.79 Å². The number of nitrogens with one attached hydrogen (secondary N) is 2. The highest BCUT2D eigenvalue weighted by molar-refractivity contribution is 8.01. The third-order valence-electron chi connectivity index (χ3n) is 3.61. The third-order valence-corrected chi connectivity index (χ3v) is 5.72. The molecule has 0 aliphatic heterocycles. The predicted molar refractivity (Wildman–Crippen MR) is 107 cm³/mol. The number of halogens is 1. The summed E-state index contributed by atoms with van der Waals surface area (Å²) in [5, 5.41) is 5.81. The van der Waals surface area contributed by atoms with Crippen LogP contribution in [0.15, 0.2) is 58.9 Å². The van der Waals surface area contributed by atoms with Crippen molar-refractivity contribution < 1.29 is 14.0 Å². The van der Waals surface area contributed by atoms with E-state index in [2.05, 4.69) is 15.6 Å². The molecule has 1 heterocycles. The molecule has 3 aromatic rings. The van der Waals surface area contributed by atoms with Gasteiger partial charge in [-0.25, -0.2) is 9.37 Å². The van der Waals surface area contributed by atoms with E-state index in [-0.39, 0.29) is 17.2 Å². The molecule has 0 saturated heterocycles. The molecule has 8 heteroatoms. The lowest BCUT2D eigenvalue weighted by Crippen LogP contribution is -2.19. The number of thioether (sulfide) groups is 1. The van der Waals surface area contributed by atoms with Gasteiger partial charge in [0.1, 0.15) is 16.5 Å². The van der Waals surface area contributed by atoms with E-state index in [4.69, 9.17) is 0 Å². The molecule has 0 bridgehead atoms. The molecule has 2 amide bonds. The summed E-state index contributed by atoms with van der Waals surface area (Å²) < 4.78 is 14.5. The molecule has 0 saturated carbocycles. The van der Waals surface area contributed by atoms with Gasteiger partial charge in [-0.3, -0.25) is 9.59 Å². The molecule has 0 aliphatic carbocycles. The van der Waals surface area contributed by atoms with Crippen LogP contribution < -0.4 is 10.6 Å². The molecule has 1 aromatic heterocycles. The second-order valence-corrected chi connectivity index (χ2v) is 7.64. The number of rotatable bonds is 6. The fourth-order valence-corrected chi connectivity index (χ4v) is 4.19. The van der Waals surface area contributed by atoms with E-state index in [0.717, 1.165) is 5.56 Å². The first kappa shape index (κ1) is 19.1. The maximum atomic E-state index is 13.9. The summed E-state index contributed by atoms with van der Waals surface area (Å²) in [4.78, 5) is 28.5. The van der Waals surface area contributed by atoms with E-state index in [1.54, 1.807) is 13.1 Å². The molecule has 0 atom stereocenters. The second kappa shape index (κ2) is 8.79. The highest BCUT2D eigenvalue weighted by Crippen LogP contribution is 2.37. The smallest absolute Gasteiger partial charge is 0.259 e. The average molecular weight is 401 g/mol. The van der Waals surface area contributed by atoms with Gasteiger partial charge in [0.05, 0.1) is 11.3 Å². The standard InChI is InChI=1S/C19H16FN3O2S2/c1-21-15(24)11-26-19-22-16(12-7-3-2-4-8-12)18(27-19)23-17(25)13-9-5-6-10-14(13)20/h2-10H,11H2,1H3,(H,21,24)(H,23,25). The Morgan fingerprint density at radius 3 is 2.52 bits per heavy atom. The van der Waals surface area contributed by atoms with Crippen LogP contribution in [0.2, 0.25) is 0 Å². The summed E-state index contributed by atoms with van der Waals surface area (Å²) >= 11 is 2.53. The van der Waals surface area contributed by atoms with Crippen LogP contribution >= 0.6 is 23.1 Å². The highest BCUT2D eigenvalue weighted by atomic mass is 32.2. The van der Waals surface area contributed by atoms with Crippen LogP contribution in [0.25, 0.3) is 11.3 Å². The number of hydrogen-bond acceptors (Lipinski definition) is 5. The van der Waals surface area contributed by atoms with E-state index in [1.165, 1.54) is 41.3 Å². The predicted octanol–water partition coefficient (Wildman–Crippen LogP) is 4.04. The van der Waals surface area contributed by atoms with Crippen LogP contribution in [0.1, 0.15) is 10.4 Å². The molecule has 0 spiro atoms. The summed E-state index contributed by atoms with van der Waals surface area (Å²) in [6.07, 6.45) is 0. The monoisotopic (exact) mass is 401 g/mol. The zero-order valence-corrected chi connectivity index (χ0v) is 16.0. The first-order valence-electron chi connectivity index (χ1n) is 8.04. The van der Waals surface area contributed by atoms with Crippen LogP contribution in [0.3, 0.4) is 0 Å². The average Bonchev–Trinajstić information content (AvgIpc) is 3.09. The molecule has 0 aliphatic rings. The minimum absolute atomic E-state index is 0.0375. The topological polar surface area (TPSA) is 71.1 Å². The maximum absolute atomic E-state index is 13.9. The molecule has 27 heavy (non-hydrogen) atoms. The summed E-state index contributed by atoms with van der Waals surface area (Å²) in [5.41, 5.74) is 1.37. The Balaban J connectivity index is 1.90. The number of carbonyl (C=O) groups is 2. The number of aromatic nitrogens is 1. The summed E-state index contributed by atoms with van der Waals surface area (Å²) in [6, 6.07) is 15.2. The van der Waals surface area contributed by atoms with E-state index >= 15 is 0 Å². The molecule has 5 nitrogen and oxygen atoms in total. The fraction of sp³-hybridized carbons (Fsp3) is 0.105. The fourth-order valence-electron chi connectivity index (χ4n) is 2.25. The molecule has 0 fully saturated rings. The third kappa shape index (κ3) is 4.72. The molecule has 138 valence electrons. The van der Waals surface area contributed by atoms with Gasteiger partial charge in [-0.2, -0.15) is 0 Å². The Morgan fingerprint density at radius 1 is 1.11 bits per heavy atom. The summed E-state index contributed by atoms with van der Waals surface area (Å²) in [7, 11) is 1.57. The number of anilines is 1. The first-order chi connectivity index (χ1) is 13.1. The SMILES string of the molecule is CNC(=O)CSc1nc(-c2ccccc2)c(NC(=O)c2ccccc2F)s1. The van der Waals surface area contributed by atoms with Crippen molar-refractivity contribution in [3.05, 3.63) is 66.0 Å². The quantitative estimate of drug-likeness (QED) is 0.612. The van der Waals surface area contributed by atoms with E-state index in [9.17, 15) is 14.0 Å². The number of amides is 2. The molecular weight excluding hydrogens is 385 g/mol. The van der Waals surface area contributed by atoms with E-state index in [0.29, 0.717) is 15.0 Å². The maximum Gasteiger partial charge on any atom is 0.259 e. The van der Waals surface area contributed by atoms with Crippen LogP contribution in [0, 0.1) is 5.82 Å². The Kier molecular flexibility index (Phi) is 6.20. The second-order valence-electron chi connectivity index (χ2n) is 5.42. The van der Waals surface area contributed by atoms with Gasteiger partial charge in [0, 0.05) is 12.6 Å². The minimum Gasteiger partial charge on any atom is -0.358 e. The van der Waals surface area contributed by atoms with Crippen LogP contribution in [0.4, 0.5) is 9.39 Å². The minimum atomic E-state index is -0.588. The molecule has 0 unspecified atom stereocenters. The first-order valence-corrected chi connectivity index (χ1v) is 9.84. The van der Waals surface area contributed by atoms with Gasteiger partial charge in [0.25, 0.3) is 5.91 Å². The van der Waals surface area contributed by atoms with Crippen molar-refractivity contribution in [3.8, 4) is 11.3 Å². The zero-order chi connectivity index (χ0) is 19.2. The number of nitrogens with zero attached hydrogens (tertiary/aromatic N) is 1. The van der Waals surface area contributed by atoms with Crippen molar-refractivity contribution in [2.24, 2.45) is 0 Å². The summed E-state index contributed by atoms with van der Waals surface area (Å²) in [6.45, 7) is 0. The number of thiazole rings is 1. The molecule has 2 aromatic carbocycles. The Labute approximate surface area is 164 Å². The summed E-state index contributed by atoms with van der Waals surface area (Å²) in [5.74, 6) is -1.03. The van der Waals surface area contributed by atoms with Gasteiger partial charge in [-0.15, -0.1) is 0 Å². The molecule has 2 N–H and O–H groups in total. The largest absolute Gasteiger partial charge is 0.358 e. The van der Waals surface area contributed by atoms with Gasteiger partial charge < -0.3 is 10.6 Å². The lowest BCUT2D eigenvalue weighted by molar-refractivity contribution is -0.118. The number of carbonyl (C=O) groups excluding carboxylic acids is 2. The molecule has 0 radical (unpaired) electrons. The number of hydrogen-bond donors (Lipinski definition) is 2. The van der Waals surface area contributed by atoms with E-state index < -0.39 is 11.7 Å². The van der Waals surface area contributed by atoms with Gasteiger partial charge in [-0.05, 0) is 12.1 Å².